The van der Waals surface area contributed by atoms with E-state index in [2.05, 4.69) is 17.6 Å². The van der Waals surface area contributed by atoms with Crippen molar-refractivity contribution in [2.24, 2.45) is 0 Å². The van der Waals surface area contributed by atoms with Crippen LogP contribution in [-0.2, 0) is 6.42 Å². The molecular weight excluding hydrogens is 224 g/mol. The Kier molecular flexibility index (Phi) is 5.72. The highest BCUT2D eigenvalue weighted by Gasteiger charge is 2.04. The van der Waals surface area contributed by atoms with E-state index in [9.17, 15) is 4.79 Å². The van der Waals surface area contributed by atoms with Crippen LogP contribution in [0.1, 0.15) is 18.9 Å². The van der Waals surface area contributed by atoms with Gasteiger partial charge in [-0.2, -0.15) is 0 Å². The molecular formula is C12H17ClN2O. The number of carbonyl (C=O) groups excluding carboxylic acids is 1. The van der Waals surface area contributed by atoms with Crippen molar-refractivity contribution in [1.82, 2.24) is 5.32 Å². The smallest absolute Gasteiger partial charge is 0.319 e. The molecule has 0 saturated heterocycles. The molecule has 0 unspecified atom stereocenters. The molecule has 0 aromatic heterocycles. The molecule has 0 radical (unpaired) electrons. The quantitative estimate of drug-likeness (QED) is 0.764. The molecule has 0 atom stereocenters. The van der Waals surface area contributed by atoms with Crippen LogP contribution in [0.25, 0.3) is 0 Å². The Labute approximate surface area is 101 Å². The average Bonchev–Trinajstić information content (AvgIpc) is 2.29. The van der Waals surface area contributed by atoms with Crippen LogP contribution in [0.3, 0.4) is 0 Å². The van der Waals surface area contributed by atoms with E-state index in [1.807, 2.05) is 24.3 Å². The van der Waals surface area contributed by atoms with Crippen molar-refractivity contribution >= 4 is 23.3 Å². The molecule has 88 valence electrons. The Balaban J connectivity index is 2.61. The van der Waals surface area contributed by atoms with Crippen LogP contribution in [0.15, 0.2) is 24.3 Å². The SMILES string of the molecule is CCCc1ccccc1NC(=O)NCCCl. The Morgan fingerprint density at radius 3 is 2.81 bits per heavy atom. The summed E-state index contributed by atoms with van der Waals surface area (Å²) in [6.07, 6.45) is 2.02. The maximum atomic E-state index is 11.4. The zero-order chi connectivity index (χ0) is 11.8. The first-order valence-electron chi connectivity index (χ1n) is 5.46. The van der Waals surface area contributed by atoms with Gasteiger partial charge in [-0.3, -0.25) is 0 Å². The molecule has 0 bridgehead atoms. The fourth-order valence-electron chi connectivity index (χ4n) is 1.46. The van der Waals surface area contributed by atoms with Gasteiger partial charge in [0, 0.05) is 18.1 Å². The summed E-state index contributed by atoms with van der Waals surface area (Å²) in [6, 6.07) is 7.62. The third-order valence-corrected chi connectivity index (χ3v) is 2.35. The van der Waals surface area contributed by atoms with Crippen molar-refractivity contribution in [2.75, 3.05) is 17.7 Å². The van der Waals surface area contributed by atoms with E-state index >= 15 is 0 Å². The van der Waals surface area contributed by atoms with Gasteiger partial charge in [-0.25, -0.2) is 4.79 Å². The van der Waals surface area contributed by atoms with Crippen molar-refractivity contribution in [2.45, 2.75) is 19.8 Å². The van der Waals surface area contributed by atoms with Gasteiger partial charge in [-0.15, -0.1) is 11.6 Å². The fraction of sp³-hybridized carbons (Fsp3) is 0.417. The highest BCUT2D eigenvalue weighted by molar-refractivity contribution is 6.18. The van der Waals surface area contributed by atoms with E-state index in [0.29, 0.717) is 12.4 Å². The van der Waals surface area contributed by atoms with Gasteiger partial charge < -0.3 is 10.6 Å². The molecule has 0 aliphatic heterocycles. The van der Waals surface area contributed by atoms with Gasteiger partial charge in [-0.1, -0.05) is 31.5 Å². The number of para-hydroxylation sites is 1. The minimum Gasteiger partial charge on any atom is -0.337 e. The molecule has 1 aromatic carbocycles. The number of nitrogens with one attached hydrogen (secondary N) is 2. The highest BCUT2D eigenvalue weighted by Crippen LogP contribution is 2.16. The standard InChI is InChI=1S/C12H17ClN2O/c1-2-5-10-6-3-4-7-11(10)15-12(16)14-9-8-13/h3-4,6-7H,2,5,8-9H2,1H3,(H2,14,15,16). The first-order valence-corrected chi connectivity index (χ1v) is 6.00. The topological polar surface area (TPSA) is 41.1 Å². The Bertz CT molecular complexity index is 342. The van der Waals surface area contributed by atoms with Gasteiger partial charge in [-0.05, 0) is 18.1 Å². The molecule has 0 aliphatic carbocycles. The number of hydrogen-bond donors (Lipinski definition) is 2. The summed E-state index contributed by atoms with van der Waals surface area (Å²) in [5, 5.41) is 5.49. The largest absolute Gasteiger partial charge is 0.337 e. The van der Waals surface area contributed by atoms with Gasteiger partial charge >= 0.3 is 6.03 Å². The van der Waals surface area contributed by atoms with Crippen molar-refractivity contribution in [3.05, 3.63) is 29.8 Å². The summed E-state index contributed by atoms with van der Waals surface area (Å²) in [7, 11) is 0. The molecule has 0 aliphatic rings. The third-order valence-electron chi connectivity index (χ3n) is 2.16. The van der Waals surface area contributed by atoms with Crippen molar-refractivity contribution in [1.29, 1.82) is 0 Å². The molecule has 1 rings (SSSR count). The molecule has 0 saturated carbocycles. The molecule has 16 heavy (non-hydrogen) atoms. The Hall–Kier alpha value is -1.22. The molecule has 0 fully saturated rings. The molecule has 4 heteroatoms. The summed E-state index contributed by atoms with van der Waals surface area (Å²) in [4.78, 5) is 11.4. The lowest BCUT2D eigenvalue weighted by atomic mass is 10.1. The van der Waals surface area contributed by atoms with Crippen LogP contribution >= 0.6 is 11.6 Å². The molecule has 1 aromatic rings. The number of alkyl halides is 1. The minimum absolute atomic E-state index is 0.204. The van der Waals surface area contributed by atoms with Gasteiger partial charge in [0.2, 0.25) is 0 Å². The molecule has 0 heterocycles. The number of anilines is 1. The predicted octanol–water partition coefficient (Wildman–Crippen LogP) is 3.00. The predicted molar refractivity (Wildman–Crippen MR) is 68.2 cm³/mol. The number of carbonyl (C=O) groups is 1. The van der Waals surface area contributed by atoms with E-state index < -0.39 is 0 Å². The van der Waals surface area contributed by atoms with Crippen LogP contribution in [0.4, 0.5) is 10.5 Å². The molecule has 2 N–H and O–H groups in total. The van der Waals surface area contributed by atoms with Crippen LogP contribution in [-0.4, -0.2) is 18.5 Å². The second kappa shape index (κ2) is 7.12. The number of amides is 2. The van der Waals surface area contributed by atoms with Gasteiger partial charge in [0.25, 0.3) is 0 Å². The zero-order valence-corrected chi connectivity index (χ0v) is 10.2. The minimum atomic E-state index is -0.204. The second-order valence-electron chi connectivity index (χ2n) is 3.48. The van der Waals surface area contributed by atoms with Crippen molar-refractivity contribution in [3.8, 4) is 0 Å². The van der Waals surface area contributed by atoms with Gasteiger partial charge in [0.1, 0.15) is 0 Å². The van der Waals surface area contributed by atoms with E-state index in [4.69, 9.17) is 11.6 Å². The highest BCUT2D eigenvalue weighted by atomic mass is 35.5. The van der Waals surface area contributed by atoms with E-state index in [0.717, 1.165) is 24.1 Å². The van der Waals surface area contributed by atoms with Gasteiger partial charge in [0.05, 0.1) is 0 Å². The number of urea groups is 1. The van der Waals surface area contributed by atoms with Crippen LogP contribution in [0.2, 0.25) is 0 Å². The van der Waals surface area contributed by atoms with Gasteiger partial charge in [0.15, 0.2) is 0 Å². The molecule has 0 spiro atoms. The average molecular weight is 241 g/mol. The molecule has 3 nitrogen and oxygen atoms in total. The molecule has 2 amide bonds. The summed E-state index contributed by atoms with van der Waals surface area (Å²) < 4.78 is 0. The lowest BCUT2D eigenvalue weighted by molar-refractivity contribution is 0.252. The second-order valence-corrected chi connectivity index (χ2v) is 3.85. The van der Waals surface area contributed by atoms with Crippen LogP contribution < -0.4 is 10.6 Å². The number of hydrogen-bond acceptors (Lipinski definition) is 1. The summed E-state index contributed by atoms with van der Waals surface area (Å²) in [6.45, 7) is 2.59. The summed E-state index contributed by atoms with van der Waals surface area (Å²) >= 11 is 5.49. The maximum Gasteiger partial charge on any atom is 0.319 e. The number of benzene rings is 1. The monoisotopic (exact) mass is 240 g/mol. The fourth-order valence-corrected chi connectivity index (χ4v) is 1.55. The van der Waals surface area contributed by atoms with E-state index in [-0.39, 0.29) is 6.03 Å². The number of halogens is 1. The van der Waals surface area contributed by atoms with E-state index in [1.165, 1.54) is 0 Å². The lowest BCUT2D eigenvalue weighted by Gasteiger charge is -2.10. The van der Waals surface area contributed by atoms with Crippen molar-refractivity contribution in [3.63, 3.8) is 0 Å². The summed E-state index contributed by atoms with van der Waals surface area (Å²) in [5.41, 5.74) is 2.03. The summed E-state index contributed by atoms with van der Waals surface area (Å²) in [5.74, 6) is 0.421. The zero-order valence-electron chi connectivity index (χ0n) is 9.42. The first kappa shape index (κ1) is 12.8. The number of aryl methyl sites for hydroxylation is 1. The lowest BCUT2D eigenvalue weighted by Crippen LogP contribution is -2.30. The van der Waals surface area contributed by atoms with Crippen LogP contribution in [0.5, 0.6) is 0 Å². The van der Waals surface area contributed by atoms with E-state index in [1.54, 1.807) is 0 Å². The third kappa shape index (κ3) is 4.11. The Morgan fingerprint density at radius 1 is 1.38 bits per heavy atom. The normalized spacial score (nSPS) is 9.88. The first-order chi connectivity index (χ1) is 7.77. The van der Waals surface area contributed by atoms with Crippen LogP contribution in [0, 0.1) is 0 Å². The maximum absolute atomic E-state index is 11.4. The Morgan fingerprint density at radius 2 is 2.12 bits per heavy atom. The number of rotatable bonds is 5. The van der Waals surface area contributed by atoms with Crippen molar-refractivity contribution < 1.29 is 4.79 Å².